The molecule has 1 atom stereocenters. The minimum absolute atomic E-state index is 0.0187. The van der Waals surface area contributed by atoms with Gasteiger partial charge in [0.25, 0.3) is 11.8 Å². The largest absolute Gasteiger partial charge is 0.341 e. The number of carbonyl (C=O) groups is 2. The number of carbonyl (C=O) groups excluding carboxylic acids is 2. The molecule has 196 valence electrons. The van der Waals surface area contributed by atoms with Crippen LogP contribution in [-0.2, 0) is 0 Å². The molecule has 12 heteroatoms. The number of pyridine rings is 1. The molecule has 0 spiro atoms. The van der Waals surface area contributed by atoms with E-state index in [0.29, 0.717) is 22.3 Å². The standard InChI is InChI=1S/C28H14Cl2F2N6O2/c29-15-5-14(6-17(32)9-15)27(39)36-22-8-13(18-2-4-24-34-12-35-38(24)23(18)11-33)7-20-25(22)26(37-28(20)40)19-10-16(31)1-3-21(19)30/h1-10,12,26H,(H,36,39)(H,37,40)/t26-/m0/s1. The fourth-order valence-corrected chi connectivity index (χ4v) is 5.22. The average molecular weight is 575 g/mol. The quantitative estimate of drug-likeness (QED) is 0.276. The first-order valence-corrected chi connectivity index (χ1v) is 12.4. The van der Waals surface area contributed by atoms with Crippen LogP contribution in [0.2, 0.25) is 10.0 Å². The summed E-state index contributed by atoms with van der Waals surface area (Å²) < 4.78 is 29.6. The van der Waals surface area contributed by atoms with Crippen LogP contribution in [-0.4, -0.2) is 26.4 Å². The summed E-state index contributed by atoms with van der Waals surface area (Å²) in [5.41, 5.74) is 2.24. The number of halogens is 4. The molecule has 2 amide bonds. The Labute approximate surface area is 234 Å². The van der Waals surface area contributed by atoms with E-state index in [1.807, 2.05) is 0 Å². The Morgan fingerprint density at radius 2 is 1.85 bits per heavy atom. The maximum absolute atomic E-state index is 14.2. The van der Waals surface area contributed by atoms with Crippen molar-refractivity contribution < 1.29 is 18.4 Å². The van der Waals surface area contributed by atoms with Gasteiger partial charge in [0.1, 0.15) is 24.0 Å². The third-order valence-corrected chi connectivity index (χ3v) is 7.05. The Balaban J connectivity index is 1.56. The lowest BCUT2D eigenvalue weighted by Gasteiger charge is -2.19. The Kier molecular flexibility index (Phi) is 6.18. The van der Waals surface area contributed by atoms with Crippen molar-refractivity contribution in [1.29, 1.82) is 5.26 Å². The molecule has 3 aromatic carbocycles. The van der Waals surface area contributed by atoms with Gasteiger partial charge in [0, 0.05) is 43.5 Å². The molecule has 8 nitrogen and oxygen atoms in total. The fourth-order valence-electron chi connectivity index (χ4n) is 4.77. The smallest absolute Gasteiger partial charge is 0.255 e. The normalized spacial score (nSPS) is 14.1. The number of hydrogen-bond acceptors (Lipinski definition) is 5. The summed E-state index contributed by atoms with van der Waals surface area (Å²) in [7, 11) is 0. The van der Waals surface area contributed by atoms with Gasteiger partial charge in [0.15, 0.2) is 11.3 Å². The lowest BCUT2D eigenvalue weighted by molar-refractivity contribution is 0.0959. The molecule has 3 heterocycles. The summed E-state index contributed by atoms with van der Waals surface area (Å²) >= 11 is 12.3. The van der Waals surface area contributed by atoms with Crippen LogP contribution in [0.15, 0.2) is 67.0 Å². The van der Waals surface area contributed by atoms with Gasteiger partial charge in [-0.1, -0.05) is 23.2 Å². The maximum Gasteiger partial charge on any atom is 0.255 e. The van der Waals surface area contributed by atoms with Crippen LogP contribution in [0, 0.1) is 23.0 Å². The zero-order valence-electron chi connectivity index (χ0n) is 20.0. The number of nitrogens with one attached hydrogen (secondary N) is 2. The van der Waals surface area contributed by atoms with Crippen LogP contribution in [0.3, 0.4) is 0 Å². The van der Waals surface area contributed by atoms with Crippen LogP contribution < -0.4 is 10.6 Å². The summed E-state index contributed by atoms with van der Waals surface area (Å²) in [6, 6.07) is 14.7. The highest BCUT2D eigenvalue weighted by Crippen LogP contribution is 2.42. The van der Waals surface area contributed by atoms with Gasteiger partial charge in [0.2, 0.25) is 0 Å². The molecular formula is C28H14Cl2F2N6O2. The highest BCUT2D eigenvalue weighted by Gasteiger charge is 2.35. The van der Waals surface area contributed by atoms with Crippen molar-refractivity contribution >= 4 is 46.4 Å². The van der Waals surface area contributed by atoms with E-state index in [1.54, 1.807) is 24.3 Å². The van der Waals surface area contributed by atoms with Crippen LogP contribution in [0.5, 0.6) is 0 Å². The first-order valence-electron chi connectivity index (χ1n) is 11.7. The Bertz CT molecular complexity index is 1910. The predicted octanol–water partition coefficient (Wildman–Crippen LogP) is 5.94. The van der Waals surface area contributed by atoms with E-state index in [9.17, 15) is 23.6 Å². The van der Waals surface area contributed by atoms with E-state index in [1.165, 1.54) is 35.1 Å². The van der Waals surface area contributed by atoms with Crippen molar-refractivity contribution in [2.24, 2.45) is 0 Å². The van der Waals surface area contributed by atoms with E-state index >= 15 is 0 Å². The molecular weight excluding hydrogens is 561 g/mol. The summed E-state index contributed by atoms with van der Waals surface area (Å²) in [5, 5.41) is 19.8. The highest BCUT2D eigenvalue weighted by atomic mass is 35.5. The molecule has 40 heavy (non-hydrogen) atoms. The van der Waals surface area contributed by atoms with Gasteiger partial charge in [-0.05, 0) is 66.2 Å². The Morgan fingerprint density at radius 3 is 2.62 bits per heavy atom. The number of fused-ring (bicyclic) bond motifs is 2. The number of nitriles is 1. The number of hydrogen-bond donors (Lipinski definition) is 2. The highest BCUT2D eigenvalue weighted by molar-refractivity contribution is 6.31. The number of rotatable bonds is 4. The average Bonchev–Trinajstić information content (AvgIpc) is 3.53. The van der Waals surface area contributed by atoms with Crippen LogP contribution >= 0.6 is 23.2 Å². The number of benzene rings is 3. The van der Waals surface area contributed by atoms with Gasteiger partial charge in [-0.2, -0.15) is 10.4 Å². The number of anilines is 1. The summed E-state index contributed by atoms with van der Waals surface area (Å²) in [5.74, 6) is -2.50. The third-order valence-electron chi connectivity index (χ3n) is 6.49. The second-order valence-corrected chi connectivity index (χ2v) is 9.75. The molecule has 0 saturated carbocycles. The van der Waals surface area contributed by atoms with E-state index < -0.39 is 29.5 Å². The van der Waals surface area contributed by atoms with Crippen LogP contribution in [0.4, 0.5) is 14.5 Å². The lowest BCUT2D eigenvalue weighted by Crippen LogP contribution is -2.21. The fraction of sp³-hybridized carbons (Fsp3) is 0.0357. The molecule has 0 radical (unpaired) electrons. The number of aromatic nitrogens is 3. The molecule has 5 aromatic rings. The molecule has 0 unspecified atom stereocenters. The van der Waals surface area contributed by atoms with E-state index in [2.05, 4.69) is 26.8 Å². The van der Waals surface area contributed by atoms with Crippen molar-refractivity contribution in [1.82, 2.24) is 19.9 Å². The first-order chi connectivity index (χ1) is 19.2. The van der Waals surface area contributed by atoms with Crippen molar-refractivity contribution in [2.45, 2.75) is 6.04 Å². The van der Waals surface area contributed by atoms with E-state index in [-0.39, 0.29) is 38.1 Å². The number of amides is 2. The molecule has 2 aromatic heterocycles. The van der Waals surface area contributed by atoms with Gasteiger partial charge in [-0.15, -0.1) is 0 Å². The zero-order chi connectivity index (χ0) is 28.1. The summed E-state index contributed by atoms with van der Waals surface area (Å²) in [4.78, 5) is 30.6. The third kappa shape index (κ3) is 4.31. The SMILES string of the molecule is N#Cc1c(-c2cc(NC(=O)c3cc(F)cc(Cl)c3)c3c(c2)C(=O)N[C@H]3c2cc(F)ccc2Cl)ccc2ncnn12. The van der Waals surface area contributed by atoms with Crippen molar-refractivity contribution in [2.75, 3.05) is 5.32 Å². The van der Waals surface area contributed by atoms with E-state index in [4.69, 9.17) is 23.2 Å². The zero-order valence-corrected chi connectivity index (χ0v) is 21.6. The van der Waals surface area contributed by atoms with Gasteiger partial charge in [0.05, 0.1) is 6.04 Å². The van der Waals surface area contributed by atoms with Crippen molar-refractivity contribution in [3.05, 3.63) is 117 Å². The van der Waals surface area contributed by atoms with Crippen LogP contribution in [0.1, 0.15) is 43.6 Å². The predicted molar refractivity (Wildman–Crippen MR) is 143 cm³/mol. The molecule has 0 fully saturated rings. The summed E-state index contributed by atoms with van der Waals surface area (Å²) in [6.07, 6.45) is 1.30. The Hall–Kier alpha value is -4.85. The Morgan fingerprint density at radius 1 is 1.02 bits per heavy atom. The van der Waals surface area contributed by atoms with Crippen LogP contribution in [0.25, 0.3) is 16.8 Å². The molecule has 6 rings (SSSR count). The first kappa shape index (κ1) is 25.4. The van der Waals surface area contributed by atoms with Gasteiger partial charge in [-0.25, -0.2) is 18.3 Å². The molecule has 0 saturated heterocycles. The van der Waals surface area contributed by atoms with E-state index in [0.717, 1.165) is 12.1 Å². The topological polar surface area (TPSA) is 112 Å². The second kappa shape index (κ2) is 9.72. The van der Waals surface area contributed by atoms with Crippen molar-refractivity contribution in [3.63, 3.8) is 0 Å². The minimum Gasteiger partial charge on any atom is -0.341 e. The monoisotopic (exact) mass is 574 g/mol. The maximum atomic E-state index is 14.2. The number of nitrogens with zero attached hydrogens (tertiary/aromatic N) is 4. The van der Waals surface area contributed by atoms with Crippen molar-refractivity contribution in [3.8, 4) is 17.2 Å². The molecule has 1 aliphatic heterocycles. The molecule has 2 N–H and O–H groups in total. The van der Waals surface area contributed by atoms with Gasteiger partial charge >= 0.3 is 0 Å². The minimum atomic E-state index is -0.917. The molecule has 0 bridgehead atoms. The second-order valence-electron chi connectivity index (χ2n) is 8.91. The molecule has 0 aliphatic carbocycles. The van der Waals surface area contributed by atoms with Gasteiger partial charge in [-0.3, -0.25) is 9.59 Å². The summed E-state index contributed by atoms with van der Waals surface area (Å²) in [6.45, 7) is 0. The lowest BCUT2D eigenvalue weighted by atomic mass is 9.92. The molecule has 1 aliphatic rings. The van der Waals surface area contributed by atoms with Gasteiger partial charge < -0.3 is 10.6 Å².